The van der Waals surface area contributed by atoms with Gasteiger partial charge in [-0.05, 0) is 24.3 Å². The fourth-order valence-corrected chi connectivity index (χ4v) is 2.25. The third-order valence-electron chi connectivity index (χ3n) is 3.42. The molecule has 0 aliphatic rings. The number of methoxy groups -OCH3 is 3. The second-order valence-electron chi connectivity index (χ2n) is 4.96. The topological polar surface area (TPSA) is 66.0 Å². The van der Waals surface area contributed by atoms with Crippen LogP contribution < -0.4 is 24.3 Å². The van der Waals surface area contributed by atoms with Crippen molar-refractivity contribution in [2.75, 3.05) is 33.3 Å². The summed E-state index contributed by atoms with van der Waals surface area (Å²) in [6, 6.07) is 10.3. The number of amides is 1. The minimum atomic E-state index is -0.325. The van der Waals surface area contributed by atoms with E-state index in [0.717, 1.165) is 0 Å². The van der Waals surface area contributed by atoms with Crippen molar-refractivity contribution in [1.29, 1.82) is 0 Å². The van der Waals surface area contributed by atoms with Gasteiger partial charge in [-0.2, -0.15) is 0 Å². The molecule has 0 atom stereocenters. The molecular formula is C19H21NO5. The molecule has 0 aliphatic carbocycles. The zero-order valence-electron chi connectivity index (χ0n) is 14.5. The maximum Gasteiger partial charge on any atom is 0.256 e. The summed E-state index contributed by atoms with van der Waals surface area (Å²) in [4.78, 5) is 12.6. The normalized spacial score (nSPS) is 9.88. The van der Waals surface area contributed by atoms with Crippen LogP contribution in [0.2, 0.25) is 0 Å². The highest BCUT2D eigenvalue weighted by molar-refractivity contribution is 6.05. The summed E-state index contributed by atoms with van der Waals surface area (Å²) in [5.74, 6) is 1.47. The quantitative estimate of drug-likeness (QED) is 0.743. The SMILES string of the molecule is C=CCOc1ccccc1NC(=O)c1cc(OC)c(OC)c(OC)c1. The molecule has 6 heteroatoms. The molecule has 25 heavy (non-hydrogen) atoms. The van der Waals surface area contributed by atoms with Crippen LogP contribution in [0.25, 0.3) is 0 Å². The van der Waals surface area contributed by atoms with Crippen molar-refractivity contribution in [3.8, 4) is 23.0 Å². The summed E-state index contributed by atoms with van der Waals surface area (Å²) in [5.41, 5.74) is 0.927. The Hall–Kier alpha value is -3.15. The molecule has 0 aromatic heterocycles. The highest BCUT2D eigenvalue weighted by atomic mass is 16.5. The average molecular weight is 343 g/mol. The maximum atomic E-state index is 12.6. The predicted octanol–water partition coefficient (Wildman–Crippen LogP) is 3.53. The Labute approximate surface area is 147 Å². The third-order valence-corrected chi connectivity index (χ3v) is 3.42. The van der Waals surface area contributed by atoms with Gasteiger partial charge >= 0.3 is 0 Å². The fraction of sp³-hybridized carbons (Fsp3) is 0.211. The Morgan fingerprint density at radius 3 is 2.24 bits per heavy atom. The molecule has 2 aromatic rings. The van der Waals surface area contributed by atoms with Crippen LogP contribution in [-0.4, -0.2) is 33.8 Å². The van der Waals surface area contributed by atoms with Crippen molar-refractivity contribution >= 4 is 11.6 Å². The number of hydrogen-bond acceptors (Lipinski definition) is 5. The summed E-state index contributed by atoms with van der Waals surface area (Å²) < 4.78 is 21.4. The van der Waals surface area contributed by atoms with Gasteiger partial charge in [0.15, 0.2) is 11.5 Å². The zero-order chi connectivity index (χ0) is 18.2. The van der Waals surface area contributed by atoms with Crippen LogP contribution in [0.4, 0.5) is 5.69 Å². The van der Waals surface area contributed by atoms with Gasteiger partial charge in [-0.25, -0.2) is 0 Å². The minimum absolute atomic E-state index is 0.325. The van der Waals surface area contributed by atoms with E-state index in [-0.39, 0.29) is 5.91 Å². The molecule has 6 nitrogen and oxygen atoms in total. The lowest BCUT2D eigenvalue weighted by atomic mass is 10.1. The molecule has 0 saturated carbocycles. The van der Waals surface area contributed by atoms with E-state index in [2.05, 4.69) is 11.9 Å². The summed E-state index contributed by atoms with van der Waals surface area (Å²) in [6.45, 7) is 3.96. The maximum absolute atomic E-state index is 12.6. The van der Waals surface area contributed by atoms with E-state index in [0.29, 0.717) is 40.9 Å². The number of benzene rings is 2. The van der Waals surface area contributed by atoms with Crippen molar-refractivity contribution in [2.45, 2.75) is 0 Å². The Balaban J connectivity index is 2.31. The molecule has 0 fully saturated rings. The summed E-state index contributed by atoms with van der Waals surface area (Å²) in [7, 11) is 4.50. The highest BCUT2D eigenvalue weighted by Crippen LogP contribution is 2.38. The van der Waals surface area contributed by atoms with E-state index in [1.807, 2.05) is 12.1 Å². The first-order valence-corrected chi connectivity index (χ1v) is 7.58. The Morgan fingerprint density at radius 1 is 1.04 bits per heavy atom. The molecule has 0 heterocycles. The van der Waals surface area contributed by atoms with Crippen LogP contribution >= 0.6 is 0 Å². The van der Waals surface area contributed by atoms with Crippen LogP contribution in [0, 0.1) is 0 Å². The third kappa shape index (κ3) is 4.23. The first-order chi connectivity index (χ1) is 12.1. The number of ether oxygens (including phenoxy) is 4. The van der Waals surface area contributed by atoms with E-state index < -0.39 is 0 Å². The molecule has 0 aliphatic heterocycles. The molecule has 0 unspecified atom stereocenters. The lowest BCUT2D eigenvalue weighted by molar-refractivity contribution is 0.102. The number of carbonyl (C=O) groups is 1. The van der Waals surface area contributed by atoms with E-state index >= 15 is 0 Å². The molecule has 2 aromatic carbocycles. The van der Waals surface area contributed by atoms with Gasteiger partial charge in [0.2, 0.25) is 5.75 Å². The van der Waals surface area contributed by atoms with Gasteiger partial charge < -0.3 is 24.3 Å². The number of rotatable bonds is 8. The first kappa shape index (κ1) is 18.2. The Kier molecular flexibility index (Phi) is 6.28. The minimum Gasteiger partial charge on any atom is -0.493 e. The van der Waals surface area contributed by atoms with Crippen molar-refractivity contribution in [3.63, 3.8) is 0 Å². The van der Waals surface area contributed by atoms with Gasteiger partial charge in [0.1, 0.15) is 12.4 Å². The van der Waals surface area contributed by atoms with Crippen molar-refractivity contribution in [3.05, 3.63) is 54.6 Å². The molecule has 1 amide bonds. The molecular weight excluding hydrogens is 322 g/mol. The Morgan fingerprint density at radius 2 is 1.68 bits per heavy atom. The predicted molar refractivity (Wildman–Crippen MR) is 96.2 cm³/mol. The van der Waals surface area contributed by atoms with E-state index in [4.69, 9.17) is 18.9 Å². The van der Waals surface area contributed by atoms with E-state index in [9.17, 15) is 4.79 Å². The standard InChI is InChI=1S/C19H21NO5/c1-5-10-25-15-9-7-6-8-14(15)20-19(21)13-11-16(22-2)18(24-4)17(12-13)23-3/h5-9,11-12H,1,10H2,2-4H3,(H,20,21). The number of hydrogen-bond donors (Lipinski definition) is 1. The van der Waals surface area contributed by atoms with Crippen molar-refractivity contribution < 1.29 is 23.7 Å². The van der Waals surface area contributed by atoms with Gasteiger partial charge in [0.25, 0.3) is 5.91 Å². The second-order valence-corrected chi connectivity index (χ2v) is 4.96. The largest absolute Gasteiger partial charge is 0.493 e. The van der Waals surface area contributed by atoms with Gasteiger partial charge in [0, 0.05) is 5.56 Å². The van der Waals surface area contributed by atoms with Crippen LogP contribution in [-0.2, 0) is 0 Å². The molecule has 2 rings (SSSR count). The van der Waals surface area contributed by atoms with E-state index in [1.165, 1.54) is 21.3 Å². The monoisotopic (exact) mass is 343 g/mol. The van der Waals surface area contributed by atoms with Gasteiger partial charge in [0.05, 0.1) is 27.0 Å². The molecule has 0 saturated heterocycles. The molecule has 1 N–H and O–H groups in total. The van der Waals surface area contributed by atoms with Crippen LogP contribution in [0.15, 0.2) is 49.1 Å². The number of anilines is 1. The van der Waals surface area contributed by atoms with Gasteiger partial charge in [-0.15, -0.1) is 0 Å². The summed E-state index contributed by atoms with van der Waals surface area (Å²) in [5, 5.41) is 2.83. The zero-order valence-corrected chi connectivity index (χ0v) is 14.5. The smallest absolute Gasteiger partial charge is 0.256 e. The first-order valence-electron chi connectivity index (χ1n) is 7.58. The van der Waals surface area contributed by atoms with Crippen LogP contribution in [0.1, 0.15) is 10.4 Å². The Bertz CT molecular complexity index is 732. The molecule has 0 bridgehead atoms. The van der Waals surface area contributed by atoms with Crippen molar-refractivity contribution in [2.24, 2.45) is 0 Å². The van der Waals surface area contributed by atoms with Crippen molar-refractivity contribution in [1.82, 2.24) is 0 Å². The number of para-hydroxylation sites is 2. The van der Waals surface area contributed by atoms with Crippen LogP contribution in [0.5, 0.6) is 23.0 Å². The highest BCUT2D eigenvalue weighted by Gasteiger charge is 2.18. The number of carbonyl (C=O) groups excluding carboxylic acids is 1. The molecule has 0 radical (unpaired) electrons. The number of nitrogens with one attached hydrogen (secondary N) is 1. The molecule has 132 valence electrons. The lowest BCUT2D eigenvalue weighted by Gasteiger charge is -2.15. The molecule has 0 spiro atoms. The second kappa shape index (κ2) is 8.63. The fourth-order valence-electron chi connectivity index (χ4n) is 2.25. The lowest BCUT2D eigenvalue weighted by Crippen LogP contribution is -2.13. The summed E-state index contributed by atoms with van der Waals surface area (Å²) >= 11 is 0. The van der Waals surface area contributed by atoms with E-state index in [1.54, 1.807) is 30.3 Å². The summed E-state index contributed by atoms with van der Waals surface area (Å²) in [6.07, 6.45) is 1.64. The van der Waals surface area contributed by atoms with Gasteiger partial charge in [-0.3, -0.25) is 4.79 Å². The average Bonchev–Trinajstić information content (AvgIpc) is 2.65. The van der Waals surface area contributed by atoms with Crippen LogP contribution in [0.3, 0.4) is 0 Å². The van der Waals surface area contributed by atoms with Gasteiger partial charge in [-0.1, -0.05) is 24.8 Å².